The number of benzene rings is 1. The third kappa shape index (κ3) is 6.23. The molecule has 1 aliphatic rings. The number of hydrogen-bond acceptors (Lipinski definition) is 3. The first-order valence-electron chi connectivity index (χ1n) is 10.1. The summed E-state index contributed by atoms with van der Waals surface area (Å²) in [5.41, 5.74) is 2.07. The second kappa shape index (κ2) is 10.3. The zero-order chi connectivity index (χ0) is 19.9. The summed E-state index contributed by atoms with van der Waals surface area (Å²) < 4.78 is 5.56. The van der Waals surface area contributed by atoms with Gasteiger partial charge in [-0.05, 0) is 87.2 Å². The Morgan fingerprint density at radius 1 is 1.39 bits per heavy atom. The van der Waals surface area contributed by atoms with Gasteiger partial charge in [-0.25, -0.2) is 0 Å². The van der Waals surface area contributed by atoms with Crippen LogP contribution < -0.4 is 5.32 Å². The molecule has 0 saturated carbocycles. The average molecular weight is 420 g/mol. The Morgan fingerprint density at radius 2 is 2.25 bits per heavy atom. The molecule has 0 amide bonds. The number of piperidine rings is 1. The molecule has 1 aromatic heterocycles. The SMILES string of the molecule is Cc1ccc(Cl)cc1NC(=S)N(CCCN1CCC[C@H](C)C1)Cc1ccco1. The topological polar surface area (TPSA) is 31.6 Å². The Labute approximate surface area is 178 Å². The summed E-state index contributed by atoms with van der Waals surface area (Å²) in [7, 11) is 0. The van der Waals surface area contributed by atoms with E-state index in [0.29, 0.717) is 16.7 Å². The first-order chi connectivity index (χ1) is 13.5. The van der Waals surface area contributed by atoms with Gasteiger partial charge in [-0.15, -0.1) is 0 Å². The van der Waals surface area contributed by atoms with Gasteiger partial charge in [-0.3, -0.25) is 0 Å². The predicted octanol–water partition coefficient (Wildman–Crippen LogP) is 5.56. The Balaban J connectivity index is 1.60. The molecule has 1 fully saturated rings. The summed E-state index contributed by atoms with van der Waals surface area (Å²) in [6.07, 6.45) is 5.45. The van der Waals surface area contributed by atoms with Crippen LogP contribution in [0.2, 0.25) is 5.02 Å². The van der Waals surface area contributed by atoms with E-state index >= 15 is 0 Å². The second-order valence-corrected chi connectivity index (χ2v) is 8.62. The minimum atomic E-state index is 0.662. The summed E-state index contributed by atoms with van der Waals surface area (Å²) in [6, 6.07) is 9.73. The first kappa shape index (κ1) is 21.2. The molecule has 1 aromatic carbocycles. The van der Waals surface area contributed by atoms with E-state index in [1.54, 1.807) is 6.26 Å². The minimum Gasteiger partial charge on any atom is -0.467 e. The van der Waals surface area contributed by atoms with Crippen molar-refractivity contribution in [2.75, 3.05) is 31.5 Å². The number of likely N-dealkylation sites (tertiary alicyclic amines) is 1. The molecule has 0 aliphatic carbocycles. The fourth-order valence-electron chi connectivity index (χ4n) is 3.74. The van der Waals surface area contributed by atoms with Crippen LogP contribution in [0.15, 0.2) is 41.0 Å². The molecule has 4 nitrogen and oxygen atoms in total. The molecule has 0 bridgehead atoms. The molecular weight excluding hydrogens is 390 g/mol. The van der Waals surface area contributed by atoms with Crippen molar-refractivity contribution < 1.29 is 4.42 Å². The van der Waals surface area contributed by atoms with Crippen molar-refractivity contribution in [2.45, 2.75) is 39.7 Å². The average Bonchev–Trinajstić information content (AvgIpc) is 3.17. The molecule has 0 unspecified atom stereocenters. The highest BCUT2D eigenvalue weighted by Crippen LogP contribution is 2.21. The van der Waals surface area contributed by atoms with Gasteiger partial charge in [0.1, 0.15) is 5.76 Å². The molecule has 152 valence electrons. The summed E-state index contributed by atoms with van der Waals surface area (Å²) in [5, 5.41) is 4.78. The molecule has 1 saturated heterocycles. The Bertz CT molecular complexity index is 765. The fraction of sp³-hybridized carbons (Fsp3) is 0.500. The van der Waals surface area contributed by atoms with Crippen LogP contribution in [-0.4, -0.2) is 41.1 Å². The van der Waals surface area contributed by atoms with Gasteiger partial charge in [0, 0.05) is 23.8 Å². The lowest BCUT2D eigenvalue weighted by Crippen LogP contribution is -2.39. The number of hydrogen-bond donors (Lipinski definition) is 1. The monoisotopic (exact) mass is 419 g/mol. The van der Waals surface area contributed by atoms with Gasteiger partial charge >= 0.3 is 0 Å². The number of rotatable bonds is 7. The quantitative estimate of drug-likeness (QED) is 0.593. The first-order valence-corrected chi connectivity index (χ1v) is 10.9. The van der Waals surface area contributed by atoms with Crippen molar-refractivity contribution in [1.82, 2.24) is 9.80 Å². The minimum absolute atomic E-state index is 0.662. The molecule has 28 heavy (non-hydrogen) atoms. The van der Waals surface area contributed by atoms with Gasteiger partial charge in [0.05, 0.1) is 12.8 Å². The maximum atomic E-state index is 6.16. The number of thiocarbonyl (C=S) groups is 1. The lowest BCUT2D eigenvalue weighted by atomic mass is 10.0. The Morgan fingerprint density at radius 3 is 3.00 bits per heavy atom. The molecular formula is C22H30ClN3OS. The zero-order valence-electron chi connectivity index (χ0n) is 16.8. The van der Waals surface area contributed by atoms with E-state index < -0.39 is 0 Å². The fourth-order valence-corrected chi connectivity index (χ4v) is 4.18. The van der Waals surface area contributed by atoms with Crippen molar-refractivity contribution in [3.8, 4) is 0 Å². The number of nitrogens with one attached hydrogen (secondary N) is 1. The van der Waals surface area contributed by atoms with Crippen LogP contribution in [0.5, 0.6) is 0 Å². The van der Waals surface area contributed by atoms with Gasteiger partial charge in [-0.2, -0.15) is 0 Å². The van der Waals surface area contributed by atoms with E-state index in [0.717, 1.165) is 42.4 Å². The van der Waals surface area contributed by atoms with Gasteiger partial charge in [0.2, 0.25) is 0 Å². The molecule has 1 aliphatic heterocycles. The van der Waals surface area contributed by atoms with Crippen molar-refractivity contribution in [3.05, 3.63) is 52.9 Å². The normalized spacial score (nSPS) is 17.5. The predicted molar refractivity (Wildman–Crippen MR) is 121 cm³/mol. The third-order valence-electron chi connectivity index (χ3n) is 5.30. The van der Waals surface area contributed by atoms with Gasteiger partial charge in [0.25, 0.3) is 0 Å². The molecule has 0 radical (unpaired) electrons. The standard InChI is InChI=1S/C22H30ClN3OS/c1-17-6-3-10-25(15-17)11-5-12-26(16-20-7-4-13-27-20)22(28)24-21-14-19(23)9-8-18(21)2/h4,7-9,13-14,17H,3,5-6,10-12,15-16H2,1-2H3,(H,24,28)/t17-/m0/s1. The van der Waals surface area contributed by atoms with E-state index in [4.69, 9.17) is 28.2 Å². The maximum Gasteiger partial charge on any atom is 0.173 e. The van der Waals surface area contributed by atoms with E-state index in [9.17, 15) is 0 Å². The Hall–Kier alpha value is -1.56. The number of anilines is 1. The van der Waals surface area contributed by atoms with E-state index in [1.165, 1.54) is 25.9 Å². The molecule has 2 aromatic rings. The molecule has 0 spiro atoms. The second-order valence-electron chi connectivity index (χ2n) is 7.79. The number of furan rings is 1. The van der Waals surface area contributed by atoms with Gasteiger partial charge in [-0.1, -0.05) is 24.6 Å². The molecule has 1 N–H and O–H groups in total. The van der Waals surface area contributed by atoms with E-state index in [2.05, 4.69) is 29.0 Å². The third-order valence-corrected chi connectivity index (χ3v) is 5.89. The largest absolute Gasteiger partial charge is 0.467 e. The van der Waals surface area contributed by atoms with Gasteiger partial charge < -0.3 is 19.5 Å². The summed E-state index contributed by atoms with van der Waals surface area (Å²) in [6.45, 7) is 9.48. The van der Waals surface area contributed by atoms with E-state index in [-0.39, 0.29) is 0 Å². The highest BCUT2D eigenvalue weighted by Gasteiger charge is 2.17. The highest BCUT2D eigenvalue weighted by atomic mass is 35.5. The van der Waals surface area contributed by atoms with Crippen LogP contribution in [0.4, 0.5) is 5.69 Å². The lowest BCUT2D eigenvalue weighted by Gasteiger charge is -2.32. The van der Waals surface area contributed by atoms with Crippen LogP contribution in [0, 0.1) is 12.8 Å². The Kier molecular flexibility index (Phi) is 7.77. The summed E-state index contributed by atoms with van der Waals surface area (Å²) in [4.78, 5) is 4.76. The molecule has 2 heterocycles. The molecule has 6 heteroatoms. The molecule has 3 rings (SSSR count). The van der Waals surface area contributed by atoms with Crippen LogP contribution in [0.1, 0.15) is 37.5 Å². The smallest absolute Gasteiger partial charge is 0.173 e. The van der Waals surface area contributed by atoms with Crippen LogP contribution in [0.25, 0.3) is 0 Å². The van der Waals surface area contributed by atoms with Crippen LogP contribution in [-0.2, 0) is 6.54 Å². The van der Waals surface area contributed by atoms with E-state index in [1.807, 2.05) is 30.3 Å². The number of halogens is 1. The van der Waals surface area contributed by atoms with Crippen molar-refractivity contribution in [2.24, 2.45) is 5.92 Å². The highest BCUT2D eigenvalue weighted by molar-refractivity contribution is 7.80. The summed E-state index contributed by atoms with van der Waals surface area (Å²) in [5.74, 6) is 1.72. The van der Waals surface area contributed by atoms with Crippen molar-refractivity contribution in [3.63, 3.8) is 0 Å². The lowest BCUT2D eigenvalue weighted by molar-refractivity contribution is 0.177. The number of nitrogens with zero attached hydrogens (tertiary/aromatic N) is 2. The zero-order valence-corrected chi connectivity index (χ0v) is 18.4. The van der Waals surface area contributed by atoms with Crippen molar-refractivity contribution in [1.29, 1.82) is 0 Å². The molecule has 1 atom stereocenters. The van der Waals surface area contributed by atoms with Crippen molar-refractivity contribution >= 4 is 34.6 Å². The summed E-state index contributed by atoms with van der Waals surface area (Å²) >= 11 is 11.9. The van der Waals surface area contributed by atoms with Crippen LogP contribution >= 0.6 is 23.8 Å². The van der Waals surface area contributed by atoms with Crippen LogP contribution in [0.3, 0.4) is 0 Å². The van der Waals surface area contributed by atoms with Gasteiger partial charge in [0.15, 0.2) is 5.11 Å². The maximum absolute atomic E-state index is 6.16. The number of aryl methyl sites for hydroxylation is 1.